The highest BCUT2D eigenvalue weighted by Gasteiger charge is 2.16. The normalized spacial score (nSPS) is 11.2. The number of methoxy groups -OCH3 is 1. The molecule has 0 aliphatic carbocycles. The monoisotopic (exact) mass is 502 g/mol. The average Bonchev–Trinajstić information content (AvgIpc) is 3.34. The number of aromatic nitrogens is 1. The summed E-state index contributed by atoms with van der Waals surface area (Å²) in [4.78, 5) is 28.2. The summed E-state index contributed by atoms with van der Waals surface area (Å²) in [5, 5.41) is 3.70. The smallest absolute Gasteiger partial charge is 0.407 e. The van der Waals surface area contributed by atoms with Gasteiger partial charge in [0.05, 0.1) is 32.0 Å². The molecule has 0 bridgehead atoms. The lowest BCUT2D eigenvalue weighted by atomic mass is 9.99. The molecular formula is C29H30N2O6. The van der Waals surface area contributed by atoms with Crippen molar-refractivity contribution in [3.05, 3.63) is 83.9 Å². The second kappa shape index (κ2) is 11.2. The molecule has 0 saturated carbocycles. The molecule has 37 heavy (non-hydrogen) atoms. The van der Waals surface area contributed by atoms with Gasteiger partial charge in [0.25, 0.3) is 0 Å². The van der Waals surface area contributed by atoms with E-state index < -0.39 is 11.7 Å². The predicted molar refractivity (Wildman–Crippen MR) is 139 cm³/mol. The molecule has 8 heteroatoms. The van der Waals surface area contributed by atoms with Crippen molar-refractivity contribution in [1.29, 1.82) is 0 Å². The topological polar surface area (TPSA) is 99.9 Å². The van der Waals surface area contributed by atoms with E-state index in [2.05, 4.69) is 10.3 Å². The number of carbonyl (C=O) groups excluding carboxylic acids is 2. The molecule has 0 radical (unpaired) electrons. The molecule has 2 aromatic carbocycles. The predicted octanol–water partition coefficient (Wildman–Crippen LogP) is 5.81. The maximum Gasteiger partial charge on any atom is 0.407 e. The number of pyridine rings is 1. The van der Waals surface area contributed by atoms with E-state index in [4.69, 9.17) is 18.6 Å². The van der Waals surface area contributed by atoms with Crippen molar-refractivity contribution in [2.24, 2.45) is 0 Å². The summed E-state index contributed by atoms with van der Waals surface area (Å²) < 4.78 is 21.9. The molecule has 4 aromatic rings. The second-order valence-electron chi connectivity index (χ2n) is 9.52. The Kier molecular flexibility index (Phi) is 7.77. The van der Waals surface area contributed by atoms with Crippen LogP contribution in [0.5, 0.6) is 5.75 Å². The minimum absolute atomic E-state index is 0.131. The van der Waals surface area contributed by atoms with Crippen LogP contribution in [0, 0.1) is 0 Å². The first-order valence-electron chi connectivity index (χ1n) is 11.9. The molecule has 0 atom stereocenters. The lowest BCUT2D eigenvalue weighted by molar-refractivity contribution is -0.139. The minimum atomic E-state index is -0.575. The molecule has 4 rings (SSSR count). The van der Waals surface area contributed by atoms with Crippen molar-refractivity contribution in [3.63, 3.8) is 0 Å². The van der Waals surface area contributed by atoms with Crippen LogP contribution in [0.3, 0.4) is 0 Å². The molecule has 2 heterocycles. The Morgan fingerprint density at radius 2 is 1.86 bits per heavy atom. The highest BCUT2D eigenvalue weighted by atomic mass is 16.6. The van der Waals surface area contributed by atoms with Crippen molar-refractivity contribution in [2.75, 3.05) is 7.11 Å². The zero-order valence-electron chi connectivity index (χ0n) is 21.4. The van der Waals surface area contributed by atoms with Crippen LogP contribution in [0.2, 0.25) is 0 Å². The quantitative estimate of drug-likeness (QED) is 0.303. The number of rotatable bonds is 8. The zero-order valence-corrected chi connectivity index (χ0v) is 21.4. The summed E-state index contributed by atoms with van der Waals surface area (Å²) in [6, 6.07) is 17.1. The van der Waals surface area contributed by atoms with Crippen LogP contribution in [0.4, 0.5) is 4.79 Å². The summed E-state index contributed by atoms with van der Waals surface area (Å²) >= 11 is 0. The van der Waals surface area contributed by atoms with Gasteiger partial charge < -0.3 is 23.9 Å². The van der Waals surface area contributed by atoms with Crippen molar-refractivity contribution < 1.29 is 28.2 Å². The molecule has 0 spiro atoms. The third-order valence-corrected chi connectivity index (χ3v) is 5.50. The molecule has 0 aliphatic rings. The van der Waals surface area contributed by atoms with E-state index in [1.54, 1.807) is 12.5 Å². The number of benzene rings is 2. The molecule has 0 fully saturated rings. The molecular weight excluding hydrogens is 472 g/mol. The Labute approximate surface area is 215 Å². The van der Waals surface area contributed by atoms with Crippen LogP contribution in [0.1, 0.15) is 37.6 Å². The fourth-order valence-electron chi connectivity index (χ4n) is 3.85. The van der Waals surface area contributed by atoms with Gasteiger partial charge in [-0.3, -0.25) is 9.78 Å². The summed E-state index contributed by atoms with van der Waals surface area (Å²) in [6.07, 6.45) is 2.99. The highest BCUT2D eigenvalue weighted by molar-refractivity contribution is 5.94. The molecule has 0 unspecified atom stereocenters. The molecule has 192 valence electrons. The molecule has 0 aliphatic heterocycles. The molecule has 1 N–H and O–H groups in total. The first kappa shape index (κ1) is 25.8. The first-order valence-corrected chi connectivity index (χ1v) is 11.9. The Morgan fingerprint density at radius 3 is 2.65 bits per heavy atom. The minimum Gasteiger partial charge on any atom is -0.489 e. The summed E-state index contributed by atoms with van der Waals surface area (Å²) in [6.45, 7) is 5.96. The third kappa shape index (κ3) is 6.88. The Morgan fingerprint density at radius 1 is 1.05 bits per heavy atom. The van der Waals surface area contributed by atoms with Crippen LogP contribution in [0.25, 0.3) is 22.1 Å². The lowest BCUT2D eigenvalue weighted by Gasteiger charge is -2.19. The van der Waals surface area contributed by atoms with E-state index in [1.807, 2.05) is 75.4 Å². The van der Waals surface area contributed by atoms with Gasteiger partial charge in [-0.05, 0) is 73.9 Å². The number of ether oxygens (including phenoxy) is 3. The Hall–Kier alpha value is -4.33. The van der Waals surface area contributed by atoms with Crippen molar-refractivity contribution in [1.82, 2.24) is 10.3 Å². The summed E-state index contributed by atoms with van der Waals surface area (Å²) in [5.41, 5.74) is 4.38. The number of carbonyl (C=O) groups is 2. The van der Waals surface area contributed by atoms with E-state index >= 15 is 0 Å². The number of alkyl carbamates (subject to hydrolysis) is 1. The van der Waals surface area contributed by atoms with Crippen molar-refractivity contribution >= 4 is 23.0 Å². The fourth-order valence-corrected chi connectivity index (χ4v) is 3.85. The van der Waals surface area contributed by atoms with Gasteiger partial charge in [0, 0.05) is 17.1 Å². The van der Waals surface area contributed by atoms with Gasteiger partial charge in [-0.2, -0.15) is 0 Å². The summed E-state index contributed by atoms with van der Waals surface area (Å²) in [7, 11) is 1.37. The van der Waals surface area contributed by atoms with Crippen LogP contribution in [-0.4, -0.2) is 29.8 Å². The van der Waals surface area contributed by atoms with E-state index in [9.17, 15) is 9.59 Å². The Balaban J connectivity index is 1.55. The van der Waals surface area contributed by atoms with Gasteiger partial charge in [-0.15, -0.1) is 0 Å². The Bertz CT molecular complexity index is 1400. The number of esters is 1. The van der Waals surface area contributed by atoms with Crippen LogP contribution in [0.15, 0.2) is 71.5 Å². The first-order chi connectivity index (χ1) is 17.7. The average molecular weight is 503 g/mol. The number of para-hydroxylation sites is 1. The van der Waals surface area contributed by atoms with Gasteiger partial charge in [-0.1, -0.05) is 18.2 Å². The van der Waals surface area contributed by atoms with Crippen LogP contribution < -0.4 is 10.1 Å². The van der Waals surface area contributed by atoms with Crippen LogP contribution in [-0.2, 0) is 33.8 Å². The number of fused-ring (bicyclic) bond motifs is 1. The fraction of sp³-hybridized carbons (Fsp3) is 0.276. The van der Waals surface area contributed by atoms with Gasteiger partial charge in [0.1, 0.15) is 23.5 Å². The third-order valence-electron chi connectivity index (χ3n) is 5.50. The van der Waals surface area contributed by atoms with Gasteiger partial charge in [0.2, 0.25) is 0 Å². The second-order valence-corrected chi connectivity index (χ2v) is 9.52. The van der Waals surface area contributed by atoms with E-state index in [0.29, 0.717) is 11.4 Å². The molecule has 1 amide bonds. The van der Waals surface area contributed by atoms with Crippen LogP contribution >= 0.6 is 0 Å². The van der Waals surface area contributed by atoms with Crippen molar-refractivity contribution in [3.8, 4) is 16.9 Å². The van der Waals surface area contributed by atoms with Crippen molar-refractivity contribution in [2.45, 2.75) is 45.9 Å². The van der Waals surface area contributed by atoms with Gasteiger partial charge >= 0.3 is 12.1 Å². The zero-order chi connectivity index (χ0) is 26.4. The van der Waals surface area contributed by atoms with Gasteiger partial charge in [0.15, 0.2) is 0 Å². The highest BCUT2D eigenvalue weighted by Crippen LogP contribution is 2.32. The summed E-state index contributed by atoms with van der Waals surface area (Å²) in [5.74, 6) is 0.290. The largest absolute Gasteiger partial charge is 0.489 e. The lowest BCUT2D eigenvalue weighted by Crippen LogP contribution is -2.32. The number of hydrogen-bond donors (Lipinski definition) is 1. The van der Waals surface area contributed by atoms with E-state index in [-0.39, 0.29) is 25.5 Å². The van der Waals surface area contributed by atoms with E-state index in [0.717, 1.165) is 33.2 Å². The van der Waals surface area contributed by atoms with Gasteiger partial charge in [-0.25, -0.2) is 4.79 Å². The maximum absolute atomic E-state index is 12.0. The van der Waals surface area contributed by atoms with E-state index in [1.165, 1.54) is 7.11 Å². The number of nitrogens with zero attached hydrogens (tertiary/aromatic N) is 1. The SMILES string of the molecule is COC(=O)Cc1ccccc1OCc1cc(-c2ccnc(CNC(=O)OC(C)(C)C)c2)c2ccoc2c1. The number of amides is 1. The number of furan rings is 1. The number of hydrogen-bond acceptors (Lipinski definition) is 7. The maximum atomic E-state index is 12.0. The standard InChI is InChI=1S/C29H30N2O6/c1-29(2,3)37-28(33)31-17-22-15-20(9-11-30-22)24-13-19(14-26-23(24)10-12-35-26)18-36-25-8-6-5-7-21(25)16-27(32)34-4/h5-15H,16-18H2,1-4H3,(H,31,33). The molecule has 2 aromatic heterocycles. The molecule has 8 nitrogen and oxygen atoms in total. The molecule has 0 saturated heterocycles. The number of nitrogens with one attached hydrogen (secondary N) is 1.